The molecule has 0 aliphatic heterocycles. The lowest BCUT2D eigenvalue weighted by Gasteiger charge is -2.14. The predicted molar refractivity (Wildman–Crippen MR) is 83.5 cm³/mol. The first-order chi connectivity index (χ1) is 10.3. The zero-order valence-corrected chi connectivity index (χ0v) is 13.7. The van der Waals surface area contributed by atoms with Gasteiger partial charge in [-0.1, -0.05) is 13.0 Å². The van der Waals surface area contributed by atoms with Crippen LogP contribution in [0.25, 0.3) is 0 Å². The Labute approximate surface area is 130 Å². The van der Waals surface area contributed by atoms with Gasteiger partial charge in [0.05, 0.1) is 0 Å². The summed E-state index contributed by atoms with van der Waals surface area (Å²) in [5.74, 6) is -1.25. The molecule has 0 aromatic heterocycles. The summed E-state index contributed by atoms with van der Waals surface area (Å²) in [6.07, 6.45) is 1.30. The van der Waals surface area contributed by atoms with Crippen molar-refractivity contribution in [3.8, 4) is 0 Å². The molecular formula is C18H23FO3. The minimum Gasteiger partial charge on any atom is -0.300 e. The Morgan fingerprint density at radius 3 is 2.32 bits per heavy atom. The fourth-order valence-corrected chi connectivity index (χ4v) is 2.45. The Balaban J connectivity index is 2.97. The number of benzene rings is 1. The van der Waals surface area contributed by atoms with E-state index in [2.05, 4.69) is 0 Å². The predicted octanol–water partition coefficient (Wildman–Crippen LogP) is 3.84. The van der Waals surface area contributed by atoms with Crippen LogP contribution in [0.15, 0.2) is 12.1 Å². The van der Waals surface area contributed by atoms with Gasteiger partial charge in [0, 0.05) is 24.3 Å². The molecule has 1 aromatic rings. The standard InChI is InChI=1S/C18H23FO3/c1-5-14-8-11(2)17(19)10-16(14)18(22)9-15(13(4)21)7-6-12(3)20/h8,10,15H,5-7,9H2,1-4H3. The molecule has 22 heavy (non-hydrogen) atoms. The lowest BCUT2D eigenvalue weighted by atomic mass is 9.88. The Morgan fingerprint density at radius 2 is 1.82 bits per heavy atom. The van der Waals surface area contributed by atoms with Crippen LogP contribution in [0, 0.1) is 18.7 Å². The summed E-state index contributed by atoms with van der Waals surface area (Å²) in [6.45, 7) is 6.45. The first kappa shape index (κ1) is 18.2. The first-order valence-corrected chi connectivity index (χ1v) is 7.58. The average Bonchev–Trinajstić information content (AvgIpc) is 2.44. The molecule has 0 radical (unpaired) electrons. The molecule has 0 aliphatic rings. The van der Waals surface area contributed by atoms with Crippen molar-refractivity contribution in [2.24, 2.45) is 5.92 Å². The third-order valence-corrected chi connectivity index (χ3v) is 3.92. The summed E-state index contributed by atoms with van der Waals surface area (Å²) in [5, 5.41) is 0. The van der Waals surface area contributed by atoms with E-state index in [0.29, 0.717) is 24.0 Å². The van der Waals surface area contributed by atoms with Crippen LogP contribution >= 0.6 is 0 Å². The van der Waals surface area contributed by atoms with E-state index in [1.165, 1.54) is 19.9 Å². The molecule has 0 fully saturated rings. The number of ketones is 3. The Hall–Kier alpha value is -1.84. The average molecular weight is 306 g/mol. The van der Waals surface area contributed by atoms with Gasteiger partial charge in [-0.15, -0.1) is 0 Å². The van der Waals surface area contributed by atoms with Gasteiger partial charge >= 0.3 is 0 Å². The van der Waals surface area contributed by atoms with Gasteiger partial charge in [-0.25, -0.2) is 4.39 Å². The third kappa shape index (κ3) is 4.86. The fraction of sp³-hybridized carbons (Fsp3) is 0.500. The summed E-state index contributed by atoms with van der Waals surface area (Å²) in [7, 11) is 0. The van der Waals surface area contributed by atoms with Gasteiger partial charge in [0.1, 0.15) is 17.4 Å². The van der Waals surface area contributed by atoms with Crippen molar-refractivity contribution in [1.29, 1.82) is 0 Å². The Kier molecular flexibility index (Phi) is 6.60. The molecule has 1 unspecified atom stereocenters. The maximum Gasteiger partial charge on any atom is 0.163 e. The number of hydrogen-bond donors (Lipinski definition) is 0. The molecule has 0 N–H and O–H groups in total. The molecular weight excluding hydrogens is 283 g/mol. The molecule has 1 aromatic carbocycles. The molecule has 0 saturated carbocycles. The van der Waals surface area contributed by atoms with Crippen molar-refractivity contribution in [1.82, 2.24) is 0 Å². The van der Waals surface area contributed by atoms with Crippen LogP contribution < -0.4 is 0 Å². The number of aryl methyl sites for hydroxylation is 2. The van der Waals surface area contributed by atoms with Crippen molar-refractivity contribution >= 4 is 17.3 Å². The third-order valence-electron chi connectivity index (χ3n) is 3.92. The van der Waals surface area contributed by atoms with Gasteiger partial charge in [0.25, 0.3) is 0 Å². The number of halogens is 1. The van der Waals surface area contributed by atoms with E-state index in [9.17, 15) is 18.8 Å². The molecule has 0 bridgehead atoms. The minimum absolute atomic E-state index is 0.00525. The summed E-state index contributed by atoms with van der Waals surface area (Å²) < 4.78 is 13.7. The monoisotopic (exact) mass is 306 g/mol. The van der Waals surface area contributed by atoms with Crippen molar-refractivity contribution < 1.29 is 18.8 Å². The highest BCUT2D eigenvalue weighted by Gasteiger charge is 2.22. The summed E-state index contributed by atoms with van der Waals surface area (Å²) >= 11 is 0. The highest BCUT2D eigenvalue weighted by molar-refractivity contribution is 6.00. The topological polar surface area (TPSA) is 51.2 Å². The van der Waals surface area contributed by atoms with E-state index >= 15 is 0 Å². The van der Waals surface area contributed by atoms with Crippen molar-refractivity contribution in [2.75, 3.05) is 0 Å². The zero-order chi connectivity index (χ0) is 16.9. The van der Waals surface area contributed by atoms with E-state index in [1.807, 2.05) is 6.92 Å². The largest absolute Gasteiger partial charge is 0.300 e. The summed E-state index contributed by atoms with van der Waals surface area (Å²) in [6, 6.07) is 2.94. The molecule has 3 nitrogen and oxygen atoms in total. The highest BCUT2D eigenvalue weighted by Crippen LogP contribution is 2.22. The molecule has 0 amide bonds. The van der Waals surface area contributed by atoms with Crippen LogP contribution in [-0.2, 0) is 16.0 Å². The van der Waals surface area contributed by atoms with E-state index < -0.39 is 11.7 Å². The van der Waals surface area contributed by atoms with Crippen LogP contribution in [0.5, 0.6) is 0 Å². The lowest BCUT2D eigenvalue weighted by molar-refractivity contribution is -0.121. The van der Waals surface area contributed by atoms with Gasteiger partial charge in [-0.2, -0.15) is 0 Å². The smallest absolute Gasteiger partial charge is 0.163 e. The van der Waals surface area contributed by atoms with Crippen LogP contribution in [0.4, 0.5) is 4.39 Å². The van der Waals surface area contributed by atoms with Gasteiger partial charge in [-0.3, -0.25) is 9.59 Å². The molecule has 0 saturated heterocycles. The first-order valence-electron chi connectivity index (χ1n) is 7.58. The summed E-state index contributed by atoms with van der Waals surface area (Å²) in [5.41, 5.74) is 1.64. The van der Waals surface area contributed by atoms with Crippen molar-refractivity contribution in [3.05, 3.63) is 34.6 Å². The minimum atomic E-state index is -0.481. The van der Waals surface area contributed by atoms with Gasteiger partial charge in [0.15, 0.2) is 5.78 Å². The quantitative estimate of drug-likeness (QED) is 0.686. The van der Waals surface area contributed by atoms with Crippen LogP contribution in [0.2, 0.25) is 0 Å². The van der Waals surface area contributed by atoms with Crippen LogP contribution in [0.3, 0.4) is 0 Å². The lowest BCUT2D eigenvalue weighted by Crippen LogP contribution is -2.18. The zero-order valence-electron chi connectivity index (χ0n) is 13.7. The second kappa shape index (κ2) is 7.97. The SMILES string of the molecule is CCc1cc(C)c(F)cc1C(=O)CC(CCC(C)=O)C(C)=O. The van der Waals surface area contributed by atoms with Crippen LogP contribution in [-0.4, -0.2) is 17.3 Å². The van der Waals surface area contributed by atoms with Gasteiger partial charge < -0.3 is 4.79 Å². The second-order valence-corrected chi connectivity index (χ2v) is 5.79. The fourth-order valence-electron chi connectivity index (χ4n) is 2.45. The van der Waals surface area contributed by atoms with E-state index in [1.54, 1.807) is 13.0 Å². The van der Waals surface area contributed by atoms with Crippen molar-refractivity contribution in [3.63, 3.8) is 0 Å². The molecule has 0 aliphatic carbocycles. The maximum atomic E-state index is 13.7. The Morgan fingerprint density at radius 1 is 1.18 bits per heavy atom. The molecule has 4 heteroatoms. The van der Waals surface area contributed by atoms with Crippen molar-refractivity contribution in [2.45, 2.75) is 53.4 Å². The second-order valence-electron chi connectivity index (χ2n) is 5.79. The number of carbonyl (C=O) groups is 3. The highest BCUT2D eigenvalue weighted by atomic mass is 19.1. The molecule has 0 spiro atoms. The van der Waals surface area contributed by atoms with E-state index in [-0.39, 0.29) is 30.2 Å². The number of Topliss-reactive ketones (excluding diaryl/α,β-unsaturated/α-hetero) is 3. The van der Waals surface area contributed by atoms with E-state index in [4.69, 9.17) is 0 Å². The summed E-state index contributed by atoms with van der Waals surface area (Å²) in [4.78, 5) is 35.2. The van der Waals surface area contributed by atoms with E-state index in [0.717, 1.165) is 5.56 Å². The van der Waals surface area contributed by atoms with Gasteiger partial charge in [0.2, 0.25) is 0 Å². The number of rotatable bonds is 8. The number of hydrogen-bond acceptors (Lipinski definition) is 3. The Bertz CT molecular complexity index is 590. The molecule has 0 heterocycles. The van der Waals surface area contributed by atoms with Crippen LogP contribution in [0.1, 0.15) is 61.5 Å². The molecule has 1 atom stereocenters. The molecule has 120 valence electrons. The normalized spacial score (nSPS) is 12.0. The number of carbonyl (C=O) groups excluding carboxylic acids is 3. The van der Waals surface area contributed by atoms with Gasteiger partial charge in [-0.05, 0) is 50.8 Å². The maximum absolute atomic E-state index is 13.7. The molecule has 1 rings (SSSR count).